The van der Waals surface area contributed by atoms with Crippen LogP contribution >= 0.6 is 0 Å². The van der Waals surface area contributed by atoms with Gasteiger partial charge in [-0.15, -0.1) is 0 Å². The molecule has 56 heavy (non-hydrogen) atoms. The number of nitriles is 1. The largest absolute Gasteiger partial charge is 0.458 e. The summed E-state index contributed by atoms with van der Waals surface area (Å²) in [4.78, 5) is 48.8. The van der Waals surface area contributed by atoms with E-state index in [9.17, 15) is 34.7 Å². The molecule has 10 nitrogen and oxygen atoms in total. The molecule has 6 saturated carbocycles. The molecule has 8 fully saturated rings. The Kier molecular flexibility index (Phi) is 7.58. The number of allylic oxidation sites excluding steroid dienone is 6. The number of ketones is 2. The van der Waals surface area contributed by atoms with Gasteiger partial charge in [-0.3, -0.25) is 19.2 Å². The average Bonchev–Trinajstić information content (AvgIpc) is 3.93. The third-order valence-corrected chi connectivity index (χ3v) is 19.6. The zero-order valence-corrected chi connectivity index (χ0v) is 33.4. The average molecular weight is 767 g/mol. The van der Waals surface area contributed by atoms with Crippen molar-refractivity contribution >= 4 is 23.5 Å². The van der Waals surface area contributed by atoms with Crippen LogP contribution in [0.3, 0.4) is 0 Å². The van der Waals surface area contributed by atoms with Crippen LogP contribution in [0.15, 0.2) is 35.1 Å². The maximum absolute atomic E-state index is 12.9. The fraction of sp³-hybridized carbons (Fsp3) is 0.761. The van der Waals surface area contributed by atoms with Gasteiger partial charge < -0.3 is 25.4 Å². The molecule has 11 aliphatic rings. The summed E-state index contributed by atoms with van der Waals surface area (Å²) in [5, 5.41) is 33.3. The normalized spacial score (nSPS) is 54.3. The molecule has 0 aromatic heterocycles. The topological polar surface area (TPSA) is 177 Å². The molecule has 0 radical (unpaired) electrons. The van der Waals surface area contributed by atoms with Gasteiger partial charge in [0.25, 0.3) is 0 Å². The lowest BCUT2D eigenvalue weighted by molar-refractivity contribution is -0.209. The van der Waals surface area contributed by atoms with Gasteiger partial charge in [-0.25, -0.2) is 0 Å². The number of fused-ring (bicyclic) bond motifs is 13. The lowest BCUT2D eigenvalue weighted by Crippen LogP contribution is -2.64. The fourth-order valence-electron chi connectivity index (χ4n) is 17.0. The molecule has 2 spiro atoms. The van der Waals surface area contributed by atoms with Crippen LogP contribution in [0.5, 0.6) is 0 Å². The summed E-state index contributed by atoms with van der Waals surface area (Å²) in [6, 6.07) is 2.55. The Morgan fingerprint density at radius 1 is 0.750 bits per heavy atom. The summed E-state index contributed by atoms with van der Waals surface area (Å²) in [6.45, 7) is 8.81. The van der Waals surface area contributed by atoms with E-state index < -0.39 is 28.6 Å². The second-order valence-electron chi connectivity index (χ2n) is 21.2. The van der Waals surface area contributed by atoms with Crippen molar-refractivity contribution in [2.45, 2.75) is 147 Å². The zero-order chi connectivity index (χ0) is 39.6. The minimum atomic E-state index is -0.872. The number of hydrogen-bond acceptors (Lipinski definition) is 10. The van der Waals surface area contributed by atoms with E-state index in [0.29, 0.717) is 68.6 Å². The Labute approximate surface area is 329 Å². The summed E-state index contributed by atoms with van der Waals surface area (Å²) >= 11 is 0. The van der Waals surface area contributed by atoms with Gasteiger partial charge in [-0.1, -0.05) is 39.8 Å². The highest BCUT2D eigenvalue weighted by molar-refractivity contribution is 6.00. The minimum absolute atomic E-state index is 0.0255. The van der Waals surface area contributed by atoms with Crippen LogP contribution in [0.4, 0.5) is 0 Å². The molecule has 2 saturated heterocycles. The van der Waals surface area contributed by atoms with Crippen molar-refractivity contribution in [3.8, 4) is 6.07 Å². The second-order valence-corrected chi connectivity index (χ2v) is 21.2. The number of Topliss-reactive ketones (excluding diaryl/α,β-unsaturated/α-hetero) is 1. The molecule has 2 heterocycles. The standard InChI is InChI=1S/C24H30N2O4.C22H28O4/c1-21-6-4-14(27)19-20(26)12(9-23(19,21)11-25)17-13-3-7-24(8-5-16(29)30-24)22(13,2)10-15(28)18(17)21;1-20-8-5-14(23)11-13(20)3-4-15-16-6-9-22(10-7-18(25)26-22)21(16,2)12-17(24)19(15)20/h12-13,15,17-18,28H,3-10,26H2,1-2H3;3-4,11,15-17,19,24H,5-10,12H2,1-2H3/t12-,13?,15-,17?,18?,21-,22+,23?,24-;15?,16?,17-,19?,20+,21+,22-/m11/s1. The van der Waals surface area contributed by atoms with Gasteiger partial charge in [0, 0.05) is 59.6 Å². The number of aliphatic hydroxyl groups excluding tert-OH is 2. The van der Waals surface area contributed by atoms with Crippen molar-refractivity contribution in [1.29, 1.82) is 5.26 Å². The van der Waals surface area contributed by atoms with E-state index in [4.69, 9.17) is 15.2 Å². The van der Waals surface area contributed by atoms with Crippen LogP contribution in [0.25, 0.3) is 0 Å². The van der Waals surface area contributed by atoms with Gasteiger partial charge in [0.1, 0.15) is 11.2 Å². The smallest absolute Gasteiger partial charge is 0.306 e. The molecule has 2 bridgehead atoms. The third-order valence-electron chi connectivity index (χ3n) is 19.6. The number of nitrogens with two attached hydrogens (primary N) is 1. The van der Waals surface area contributed by atoms with Gasteiger partial charge in [-0.05, 0) is 123 Å². The first-order valence-corrected chi connectivity index (χ1v) is 21.6. The van der Waals surface area contributed by atoms with Crippen LogP contribution in [0.2, 0.25) is 0 Å². The molecule has 0 aromatic rings. The number of nitrogens with zero attached hydrogens (tertiary/aromatic N) is 1. The highest BCUT2D eigenvalue weighted by Gasteiger charge is 2.77. The Morgan fingerprint density at radius 3 is 1.96 bits per heavy atom. The maximum atomic E-state index is 12.9. The van der Waals surface area contributed by atoms with Gasteiger partial charge in [0.15, 0.2) is 11.6 Å². The molecular formula is C46H58N2O8. The number of carbonyl (C=O) groups excluding carboxylic acids is 4. The van der Waals surface area contributed by atoms with Gasteiger partial charge in [0.2, 0.25) is 0 Å². The van der Waals surface area contributed by atoms with E-state index in [1.54, 1.807) is 6.08 Å². The van der Waals surface area contributed by atoms with E-state index >= 15 is 0 Å². The van der Waals surface area contributed by atoms with Crippen molar-refractivity contribution in [2.24, 2.45) is 74.2 Å². The summed E-state index contributed by atoms with van der Waals surface area (Å²) in [5.41, 5.74) is 6.15. The van der Waals surface area contributed by atoms with Crippen molar-refractivity contribution in [3.63, 3.8) is 0 Å². The van der Waals surface area contributed by atoms with E-state index in [1.807, 2.05) is 0 Å². The quantitative estimate of drug-likeness (QED) is 0.250. The number of aliphatic hydroxyl groups is 2. The Balaban J connectivity index is 0.000000139. The SMILES string of the molecule is C[C@]12CCC(=O)C=C1C=CC1C2[C@H](O)C[C@@]2(C)C1CC[C@@]21CCC(=O)O1.C[C@]12C[C@@H](O)C3C(C1CC[C@@]21CCC(=O)O1)[C@H]1CC2(C#N)C(=C1N)C(=O)CC[C@]32C. The first-order valence-electron chi connectivity index (χ1n) is 21.6. The van der Waals surface area contributed by atoms with Gasteiger partial charge >= 0.3 is 11.9 Å². The Hall–Kier alpha value is -3.29. The number of ether oxygens (including phenoxy) is 2. The van der Waals surface area contributed by atoms with Crippen LogP contribution in [0, 0.1) is 79.8 Å². The highest BCUT2D eigenvalue weighted by atomic mass is 16.6. The predicted molar refractivity (Wildman–Crippen MR) is 202 cm³/mol. The first kappa shape index (κ1) is 37.0. The molecular weight excluding hydrogens is 709 g/mol. The number of rotatable bonds is 0. The second kappa shape index (κ2) is 11.5. The molecule has 9 aliphatic carbocycles. The third kappa shape index (κ3) is 4.20. The van der Waals surface area contributed by atoms with Crippen LogP contribution < -0.4 is 5.73 Å². The first-order chi connectivity index (χ1) is 26.4. The Bertz CT molecular complexity index is 2000. The van der Waals surface area contributed by atoms with Crippen LogP contribution in [-0.4, -0.2) is 57.1 Å². The number of esters is 2. The summed E-state index contributed by atoms with van der Waals surface area (Å²) < 4.78 is 11.9. The molecule has 4 N–H and O–H groups in total. The van der Waals surface area contributed by atoms with E-state index in [2.05, 4.69) is 45.9 Å². The number of hydrogen-bond donors (Lipinski definition) is 3. The molecule has 0 amide bonds. The van der Waals surface area contributed by atoms with Crippen LogP contribution in [-0.2, 0) is 28.7 Å². The van der Waals surface area contributed by atoms with Crippen molar-refractivity contribution < 1.29 is 38.9 Å². The summed E-state index contributed by atoms with van der Waals surface area (Å²) in [7, 11) is 0. The van der Waals surface area contributed by atoms with Gasteiger partial charge in [-0.2, -0.15) is 5.26 Å². The minimum Gasteiger partial charge on any atom is -0.458 e. The van der Waals surface area contributed by atoms with E-state index in [1.165, 1.54) is 0 Å². The molecule has 10 heteroatoms. The number of carbonyl (C=O) groups is 4. The van der Waals surface area contributed by atoms with Crippen molar-refractivity contribution in [2.75, 3.05) is 0 Å². The molecule has 0 aromatic carbocycles. The monoisotopic (exact) mass is 766 g/mol. The fourth-order valence-corrected chi connectivity index (χ4v) is 17.0. The van der Waals surface area contributed by atoms with Crippen molar-refractivity contribution in [1.82, 2.24) is 0 Å². The molecule has 7 unspecified atom stereocenters. The summed E-state index contributed by atoms with van der Waals surface area (Å²) in [5.74, 6) is 1.16. The predicted octanol–water partition coefficient (Wildman–Crippen LogP) is 5.94. The van der Waals surface area contributed by atoms with Crippen molar-refractivity contribution in [3.05, 3.63) is 35.1 Å². The lowest BCUT2D eigenvalue weighted by Gasteiger charge is -2.64. The van der Waals surface area contributed by atoms with Gasteiger partial charge in [0.05, 0.1) is 23.7 Å². The summed E-state index contributed by atoms with van der Waals surface area (Å²) in [6.07, 6.45) is 15.7. The highest BCUT2D eigenvalue weighted by Crippen LogP contribution is 2.77. The molecule has 2 aliphatic heterocycles. The molecule has 300 valence electrons. The van der Waals surface area contributed by atoms with Crippen LogP contribution in [0.1, 0.15) is 124 Å². The molecule has 16 atom stereocenters. The molecule has 11 rings (SSSR count). The zero-order valence-electron chi connectivity index (χ0n) is 33.4. The van der Waals surface area contributed by atoms with E-state index in [-0.39, 0.29) is 80.9 Å². The lowest BCUT2D eigenvalue weighted by atomic mass is 9.39. The van der Waals surface area contributed by atoms with E-state index in [0.717, 1.165) is 50.5 Å². The maximum Gasteiger partial charge on any atom is 0.306 e. The Morgan fingerprint density at radius 2 is 1.36 bits per heavy atom.